The zero-order valence-corrected chi connectivity index (χ0v) is 18.9. The van der Waals surface area contributed by atoms with E-state index in [1.807, 2.05) is 26.0 Å². The maximum Gasteiger partial charge on any atom is 0.243 e. The van der Waals surface area contributed by atoms with Gasteiger partial charge in [0, 0.05) is 38.3 Å². The number of anilines is 1. The summed E-state index contributed by atoms with van der Waals surface area (Å²) in [5.74, 6) is -1.47. The molecule has 0 unspecified atom stereocenters. The Balaban J connectivity index is 1.46. The van der Waals surface area contributed by atoms with E-state index in [-0.39, 0.29) is 49.3 Å². The van der Waals surface area contributed by atoms with E-state index in [1.54, 1.807) is 17.0 Å². The smallest absolute Gasteiger partial charge is 0.243 e. The first-order valence-electron chi connectivity index (χ1n) is 10.6. The van der Waals surface area contributed by atoms with E-state index < -0.39 is 21.8 Å². The van der Waals surface area contributed by atoms with Crippen LogP contribution in [0.2, 0.25) is 0 Å². The minimum atomic E-state index is -3.65. The van der Waals surface area contributed by atoms with Crippen molar-refractivity contribution in [2.24, 2.45) is 0 Å². The summed E-state index contributed by atoms with van der Waals surface area (Å²) in [5.41, 5.74) is 1.96. The lowest BCUT2D eigenvalue weighted by atomic mass is 9.89. The molecule has 1 N–H and O–H groups in total. The number of piperazine rings is 1. The van der Waals surface area contributed by atoms with E-state index >= 15 is 0 Å². The fraction of sp³-hybridized carbons (Fsp3) is 0.391. The van der Waals surface area contributed by atoms with Crippen LogP contribution in [-0.2, 0) is 19.6 Å². The van der Waals surface area contributed by atoms with Crippen molar-refractivity contribution in [1.82, 2.24) is 9.21 Å². The highest BCUT2D eigenvalue weighted by molar-refractivity contribution is 7.89. The van der Waals surface area contributed by atoms with Crippen LogP contribution in [0.4, 0.5) is 10.1 Å². The molecule has 0 aliphatic carbocycles. The molecule has 2 aromatic rings. The van der Waals surface area contributed by atoms with Crippen molar-refractivity contribution in [3.63, 3.8) is 0 Å². The molecule has 0 radical (unpaired) electrons. The number of nitrogens with one attached hydrogen (secondary N) is 1. The van der Waals surface area contributed by atoms with Gasteiger partial charge in [-0.3, -0.25) is 9.59 Å². The van der Waals surface area contributed by atoms with Gasteiger partial charge in [0.1, 0.15) is 5.82 Å². The largest absolute Gasteiger partial charge is 0.340 e. The summed E-state index contributed by atoms with van der Waals surface area (Å²) in [4.78, 5) is 27.0. The molecule has 7 nitrogen and oxygen atoms in total. The Bertz CT molecular complexity index is 1140. The second-order valence-corrected chi connectivity index (χ2v) is 10.4. The van der Waals surface area contributed by atoms with Gasteiger partial charge in [0.25, 0.3) is 0 Å². The summed E-state index contributed by atoms with van der Waals surface area (Å²) in [7, 11) is -3.65. The predicted octanol–water partition coefficient (Wildman–Crippen LogP) is 2.91. The average molecular weight is 460 g/mol. The molecule has 2 heterocycles. The molecule has 0 saturated carbocycles. The second-order valence-electron chi connectivity index (χ2n) is 8.49. The number of sulfonamides is 1. The summed E-state index contributed by atoms with van der Waals surface area (Å²) < 4.78 is 41.0. The third-order valence-corrected chi connectivity index (χ3v) is 8.00. The quantitative estimate of drug-likeness (QED) is 0.762. The van der Waals surface area contributed by atoms with Crippen LogP contribution in [0.5, 0.6) is 0 Å². The van der Waals surface area contributed by atoms with Gasteiger partial charge in [-0.25, -0.2) is 12.8 Å². The summed E-state index contributed by atoms with van der Waals surface area (Å²) in [6.45, 7) is 4.91. The van der Waals surface area contributed by atoms with Crippen molar-refractivity contribution in [2.45, 2.75) is 37.0 Å². The zero-order chi connectivity index (χ0) is 23.0. The monoisotopic (exact) mass is 459 g/mol. The summed E-state index contributed by atoms with van der Waals surface area (Å²) in [6.07, 6.45) is -0.0157. The van der Waals surface area contributed by atoms with Crippen LogP contribution in [0.25, 0.3) is 0 Å². The van der Waals surface area contributed by atoms with E-state index in [0.717, 1.165) is 5.56 Å². The molecule has 2 aliphatic rings. The first-order valence-corrected chi connectivity index (χ1v) is 12.1. The fourth-order valence-corrected chi connectivity index (χ4v) is 5.62. The van der Waals surface area contributed by atoms with E-state index in [1.165, 1.54) is 22.5 Å². The second kappa shape index (κ2) is 8.63. The number of hydrogen-bond donors (Lipinski definition) is 1. The first kappa shape index (κ1) is 22.4. The molecule has 0 spiro atoms. The molecule has 4 rings (SSSR count). The molecule has 2 aliphatic heterocycles. The standard InChI is InChI=1S/C23H26FN3O4S/c1-15(2)16-3-6-18(7-4-16)32(30,31)27-11-9-26(10-12-27)23(29)20-14-22(28)25-21-13-17(24)5-8-19(20)21/h3-8,13,15,20H,9-12,14H2,1-2H3,(H,25,28)/t20-/m1/s1. The van der Waals surface area contributed by atoms with Gasteiger partial charge in [0.2, 0.25) is 21.8 Å². The van der Waals surface area contributed by atoms with Gasteiger partial charge in [-0.05, 0) is 41.3 Å². The molecule has 9 heteroatoms. The Morgan fingerprint density at radius 1 is 1.06 bits per heavy atom. The van der Waals surface area contributed by atoms with Crippen LogP contribution in [-0.4, -0.2) is 55.6 Å². The van der Waals surface area contributed by atoms with E-state index in [4.69, 9.17) is 0 Å². The van der Waals surface area contributed by atoms with Crippen molar-refractivity contribution in [3.8, 4) is 0 Å². The van der Waals surface area contributed by atoms with Crippen LogP contribution in [0.15, 0.2) is 47.4 Å². The number of fused-ring (bicyclic) bond motifs is 1. The third-order valence-electron chi connectivity index (χ3n) is 6.09. The molecule has 0 aromatic heterocycles. The van der Waals surface area contributed by atoms with Crippen molar-refractivity contribution in [2.75, 3.05) is 31.5 Å². The third kappa shape index (κ3) is 4.27. The molecule has 32 heavy (non-hydrogen) atoms. The minimum Gasteiger partial charge on any atom is -0.340 e. The molecule has 1 fully saturated rings. The van der Waals surface area contributed by atoms with Crippen LogP contribution in [0, 0.1) is 5.82 Å². The highest BCUT2D eigenvalue weighted by Crippen LogP contribution is 2.34. The minimum absolute atomic E-state index is 0.0157. The molecule has 1 saturated heterocycles. The topological polar surface area (TPSA) is 86.8 Å². The number of rotatable bonds is 4. The van der Waals surface area contributed by atoms with Gasteiger partial charge in [-0.2, -0.15) is 4.31 Å². The SMILES string of the molecule is CC(C)c1ccc(S(=O)(=O)N2CCN(C(=O)[C@@H]3CC(=O)Nc4cc(F)ccc43)CC2)cc1. The number of hydrogen-bond acceptors (Lipinski definition) is 4. The molecular weight excluding hydrogens is 433 g/mol. The Kier molecular flexibility index (Phi) is 6.05. The lowest BCUT2D eigenvalue weighted by molar-refractivity contribution is -0.136. The molecule has 0 bridgehead atoms. The van der Waals surface area contributed by atoms with Crippen LogP contribution >= 0.6 is 0 Å². The summed E-state index contributed by atoms with van der Waals surface area (Å²) in [5, 5.41) is 2.61. The maximum absolute atomic E-state index is 13.6. The van der Waals surface area contributed by atoms with Crippen molar-refractivity contribution in [1.29, 1.82) is 0 Å². The molecule has 2 aromatic carbocycles. The van der Waals surface area contributed by atoms with Crippen molar-refractivity contribution < 1.29 is 22.4 Å². The van der Waals surface area contributed by atoms with Gasteiger partial charge in [0.15, 0.2) is 0 Å². The number of carbonyl (C=O) groups is 2. The Labute approximate surface area is 187 Å². The molecule has 2 amide bonds. The van der Waals surface area contributed by atoms with E-state index in [2.05, 4.69) is 5.32 Å². The van der Waals surface area contributed by atoms with E-state index in [0.29, 0.717) is 17.2 Å². The van der Waals surface area contributed by atoms with Gasteiger partial charge in [-0.15, -0.1) is 0 Å². The number of carbonyl (C=O) groups excluding carboxylic acids is 2. The van der Waals surface area contributed by atoms with Crippen LogP contribution in [0.3, 0.4) is 0 Å². The van der Waals surface area contributed by atoms with Crippen LogP contribution in [0.1, 0.15) is 43.2 Å². The number of benzene rings is 2. The predicted molar refractivity (Wildman–Crippen MR) is 118 cm³/mol. The van der Waals surface area contributed by atoms with Crippen LogP contribution < -0.4 is 5.32 Å². The van der Waals surface area contributed by atoms with Gasteiger partial charge in [-0.1, -0.05) is 32.0 Å². The zero-order valence-electron chi connectivity index (χ0n) is 18.0. The molecular formula is C23H26FN3O4S. The maximum atomic E-state index is 13.6. The van der Waals surface area contributed by atoms with Gasteiger partial charge >= 0.3 is 0 Å². The number of amides is 2. The van der Waals surface area contributed by atoms with Gasteiger partial charge < -0.3 is 10.2 Å². The molecule has 1 atom stereocenters. The first-order chi connectivity index (χ1) is 15.2. The van der Waals surface area contributed by atoms with Gasteiger partial charge in [0.05, 0.1) is 10.8 Å². The Hall–Kier alpha value is -2.78. The van der Waals surface area contributed by atoms with Crippen molar-refractivity contribution >= 4 is 27.5 Å². The molecule has 170 valence electrons. The highest BCUT2D eigenvalue weighted by Gasteiger charge is 2.36. The normalized spacial score (nSPS) is 19.6. The lowest BCUT2D eigenvalue weighted by Gasteiger charge is -2.36. The fourth-order valence-electron chi connectivity index (χ4n) is 4.20. The Morgan fingerprint density at radius 3 is 2.34 bits per heavy atom. The Morgan fingerprint density at radius 2 is 1.72 bits per heavy atom. The number of halogens is 1. The highest BCUT2D eigenvalue weighted by atomic mass is 32.2. The van der Waals surface area contributed by atoms with E-state index in [9.17, 15) is 22.4 Å². The number of nitrogens with zero attached hydrogens (tertiary/aromatic N) is 2. The lowest BCUT2D eigenvalue weighted by Crippen LogP contribution is -2.52. The summed E-state index contributed by atoms with van der Waals surface area (Å²) >= 11 is 0. The summed E-state index contributed by atoms with van der Waals surface area (Å²) in [6, 6.07) is 10.9. The average Bonchev–Trinajstić information content (AvgIpc) is 2.78. The van der Waals surface area contributed by atoms with Crippen molar-refractivity contribution in [3.05, 3.63) is 59.4 Å².